The van der Waals surface area contributed by atoms with Crippen LogP contribution in [0.1, 0.15) is 24.1 Å². The smallest absolute Gasteiger partial charge is 0.269 e. The van der Waals surface area contributed by atoms with Crippen LogP contribution in [0.3, 0.4) is 0 Å². The summed E-state index contributed by atoms with van der Waals surface area (Å²) < 4.78 is 5.66. The van der Waals surface area contributed by atoms with Gasteiger partial charge in [0.2, 0.25) is 0 Å². The second-order valence-corrected chi connectivity index (χ2v) is 4.57. The van der Waals surface area contributed by atoms with Crippen LogP contribution < -0.4 is 10.5 Å². The van der Waals surface area contributed by atoms with Gasteiger partial charge in [-0.15, -0.1) is 0 Å². The van der Waals surface area contributed by atoms with Crippen LogP contribution in [0.4, 0.5) is 5.69 Å². The van der Waals surface area contributed by atoms with Crippen molar-refractivity contribution in [2.75, 3.05) is 0 Å². The summed E-state index contributed by atoms with van der Waals surface area (Å²) >= 11 is 0. The summed E-state index contributed by atoms with van der Waals surface area (Å²) in [5, 5.41) is 10.6. The summed E-state index contributed by atoms with van der Waals surface area (Å²) in [7, 11) is 0. The standard InChI is InChI=1S/C15H16N2O3/c1-11(16)13-3-2-4-15(9-13)20-10-12-5-7-14(8-6-12)17(18)19/h2-9,11H,10,16H2,1H3. The van der Waals surface area contributed by atoms with E-state index >= 15 is 0 Å². The Morgan fingerprint density at radius 2 is 1.95 bits per heavy atom. The van der Waals surface area contributed by atoms with Gasteiger partial charge in [0.25, 0.3) is 5.69 Å². The highest BCUT2D eigenvalue weighted by Crippen LogP contribution is 2.19. The van der Waals surface area contributed by atoms with Crippen molar-refractivity contribution in [3.05, 3.63) is 69.8 Å². The second kappa shape index (κ2) is 6.16. The topological polar surface area (TPSA) is 78.4 Å². The number of nitrogens with two attached hydrogens (primary N) is 1. The number of ether oxygens (including phenoxy) is 1. The molecule has 0 radical (unpaired) electrons. The molecule has 2 N–H and O–H groups in total. The lowest BCUT2D eigenvalue weighted by Crippen LogP contribution is -2.05. The van der Waals surface area contributed by atoms with Crippen molar-refractivity contribution >= 4 is 5.69 Å². The lowest BCUT2D eigenvalue weighted by Gasteiger charge is -2.10. The first kappa shape index (κ1) is 14.0. The van der Waals surface area contributed by atoms with Crippen molar-refractivity contribution in [1.82, 2.24) is 0 Å². The third-order valence-corrected chi connectivity index (χ3v) is 2.94. The van der Waals surface area contributed by atoms with E-state index in [0.29, 0.717) is 6.61 Å². The van der Waals surface area contributed by atoms with Crippen molar-refractivity contribution in [2.24, 2.45) is 5.73 Å². The minimum absolute atomic E-state index is 0.0436. The molecule has 0 aromatic heterocycles. The van der Waals surface area contributed by atoms with Crippen LogP contribution in [-0.4, -0.2) is 4.92 Å². The number of hydrogen-bond acceptors (Lipinski definition) is 4. The van der Waals surface area contributed by atoms with Crippen LogP contribution >= 0.6 is 0 Å². The summed E-state index contributed by atoms with van der Waals surface area (Å²) in [6, 6.07) is 13.9. The molecule has 0 bridgehead atoms. The lowest BCUT2D eigenvalue weighted by atomic mass is 10.1. The van der Waals surface area contributed by atoms with Crippen LogP contribution in [0.15, 0.2) is 48.5 Å². The second-order valence-electron chi connectivity index (χ2n) is 4.57. The molecule has 0 fully saturated rings. The van der Waals surface area contributed by atoms with E-state index in [-0.39, 0.29) is 11.7 Å². The zero-order valence-electron chi connectivity index (χ0n) is 11.2. The maximum absolute atomic E-state index is 10.6. The molecule has 0 amide bonds. The number of non-ortho nitro benzene ring substituents is 1. The maximum Gasteiger partial charge on any atom is 0.269 e. The highest BCUT2D eigenvalue weighted by atomic mass is 16.6. The Morgan fingerprint density at radius 3 is 2.55 bits per heavy atom. The van der Waals surface area contributed by atoms with E-state index in [2.05, 4.69) is 0 Å². The van der Waals surface area contributed by atoms with Crippen LogP contribution in [0.5, 0.6) is 5.75 Å². The minimum atomic E-state index is -0.420. The average molecular weight is 272 g/mol. The molecule has 104 valence electrons. The van der Waals surface area contributed by atoms with Gasteiger partial charge in [0.15, 0.2) is 0 Å². The molecule has 20 heavy (non-hydrogen) atoms. The first-order valence-electron chi connectivity index (χ1n) is 6.28. The largest absolute Gasteiger partial charge is 0.489 e. The summed E-state index contributed by atoms with van der Waals surface area (Å²) in [5.41, 5.74) is 7.77. The normalized spacial score (nSPS) is 11.9. The number of nitrogens with zero attached hydrogens (tertiary/aromatic N) is 1. The van der Waals surface area contributed by atoms with Crippen molar-refractivity contribution in [1.29, 1.82) is 0 Å². The molecule has 5 nitrogen and oxygen atoms in total. The van der Waals surface area contributed by atoms with Crippen LogP contribution in [0.2, 0.25) is 0 Å². The fraction of sp³-hybridized carbons (Fsp3) is 0.200. The van der Waals surface area contributed by atoms with Crippen molar-refractivity contribution in [2.45, 2.75) is 19.6 Å². The molecule has 0 aliphatic carbocycles. The van der Waals surface area contributed by atoms with Crippen LogP contribution in [0, 0.1) is 10.1 Å². The van der Waals surface area contributed by atoms with Gasteiger partial charge >= 0.3 is 0 Å². The van der Waals surface area contributed by atoms with Gasteiger partial charge < -0.3 is 10.5 Å². The summed E-state index contributed by atoms with van der Waals surface area (Å²) in [6.45, 7) is 2.27. The van der Waals surface area contributed by atoms with E-state index in [1.54, 1.807) is 12.1 Å². The first-order chi connectivity index (χ1) is 9.56. The van der Waals surface area contributed by atoms with E-state index < -0.39 is 4.92 Å². The van der Waals surface area contributed by atoms with E-state index in [1.165, 1.54) is 12.1 Å². The highest BCUT2D eigenvalue weighted by Gasteiger charge is 2.05. The number of nitro groups is 1. The van der Waals surface area contributed by atoms with E-state index in [4.69, 9.17) is 10.5 Å². The molecule has 2 aromatic carbocycles. The van der Waals surface area contributed by atoms with Gasteiger partial charge in [0.1, 0.15) is 12.4 Å². The Kier molecular flexibility index (Phi) is 4.32. The predicted octanol–water partition coefficient (Wildman–Crippen LogP) is 3.19. The maximum atomic E-state index is 10.6. The SMILES string of the molecule is CC(N)c1cccc(OCc2ccc([N+](=O)[O-])cc2)c1. The minimum Gasteiger partial charge on any atom is -0.489 e. The van der Waals surface area contributed by atoms with Gasteiger partial charge in [-0.1, -0.05) is 12.1 Å². The Labute approximate surface area is 117 Å². The number of hydrogen-bond donors (Lipinski definition) is 1. The van der Waals surface area contributed by atoms with Crippen LogP contribution in [-0.2, 0) is 6.61 Å². The molecule has 0 saturated heterocycles. The van der Waals surface area contributed by atoms with E-state index in [0.717, 1.165) is 16.9 Å². The zero-order chi connectivity index (χ0) is 14.5. The summed E-state index contributed by atoms with van der Waals surface area (Å²) in [6.07, 6.45) is 0. The monoisotopic (exact) mass is 272 g/mol. The molecule has 0 aliphatic rings. The van der Waals surface area contributed by atoms with Crippen molar-refractivity contribution < 1.29 is 9.66 Å². The van der Waals surface area contributed by atoms with Gasteiger partial charge in [-0.05, 0) is 42.3 Å². The van der Waals surface area contributed by atoms with Crippen molar-refractivity contribution in [3.63, 3.8) is 0 Å². The molecular weight excluding hydrogens is 256 g/mol. The predicted molar refractivity (Wildman–Crippen MR) is 76.5 cm³/mol. The van der Waals surface area contributed by atoms with Gasteiger partial charge in [-0.2, -0.15) is 0 Å². The number of benzene rings is 2. The molecule has 5 heteroatoms. The fourth-order valence-corrected chi connectivity index (χ4v) is 1.77. The number of nitro benzene ring substituents is 1. The lowest BCUT2D eigenvalue weighted by molar-refractivity contribution is -0.384. The summed E-state index contributed by atoms with van der Waals surface area (Å²) in [5.74, 6) is 0.734. The first-order valence-corrected chi connectivity index (χ1v) is 6.28. The van der Waals surface area contributed by atoms with E-state index in [9.17, 15) is 10.1 Å². The Morgan fingerprint density at radius 1 is 1.25 bits per heavy atom. The van der Waals surface area contributed by atoms with Crippen molar-refractivity contribution in [3.8, 4) is 5.75 Å². The number of rotatable bonds is 5. The van der Waals surface area contributed by atoms with Crippen LogP contribution in [0.25, 0.3) is 0 Å². The molecule has 1 unspecified atom stereocenters. The summed E-state index contributed by atoms with van der Waals surface area (Å²) in [4.78, 5) is 10.1. The molecule has 2 aromatic rings. The molecule has 2 rings (SSSR count). The van der Waals surface area contributed by atoms with Gasteiger partial charge in [0.05, 0.1) is 4.92 Å². The molecule has 1 atom stereocenters. The van der Waals surface area contributed by atoms with Gasteiger partial charge in [0, 0.05) is 18.2 Å². The Bertz CT molecular complexity index is 594. The molecule has 0 heterocycles. The zero-order valence-corrected chi connectivity index (χ0v) is 11.2. The van der Waals surface area contributed by atoms with E-state index in [1.807, 2.05) is 31.2 Å². The molecular formula is C15H16N2O3. The third kappa shape index (κ3) is 3.55. The fourth-order valence-electron chi connectivity index (χ4n) is 1.77. The van der Waals surface area contributed by atoms with Gasteiger partial charge in [-0.25, -0.2) is 0 Å². The molecule has 0 aliphatic heterocycles. The van der Waals surface area contributed by atoms with Gasteiger partial charge in [-0.3, -0.25) is 10.1 Å². The highest BCUT2D eigenvalue weighted by molar-refractivity contribution is 5.33. The molecule has 0 spiro atoms. The average Bonchev–Trinajstić information content (AvgIpc) is 2.46. The Balaban J connectivity index is 2.01. The third-order valence-electron chi connectivity index (χ3n) is 2.94. The quantitative estimate of drug-likeness (QED) is 0.669. The molecule has 0 saturated carbocycles. The Hall–Kier alpha value is -2.40.